The Kier molecular flexibility index (Phi) is 4.39. The molecule has 0 spiro atoms. The third-order valence-corrected chi connectivity index (χ3v) is 3.15. The lowest BCUT2D eigenvalue weighted by atomic mass is 10.1. The van der Waals surface area contributed by atoms with Crippen molar-refractivity contribution in [3.8, 4) is 11.5 Å². The van der Waals surface area contributed by atoms with Crippen LogP contribution in [0.15, 0.2) is 48.7 Å². The van der Waals surface area contributed by atoms with Crippen molar-refractivity contribution in [3.05, 3.63) is 59.8 Å². The van der Waals surface area contributed by atoms with Crippen LogP contribution in [-0.2, 0) is 11.3 Å². The van der Waals surface area contributed by atoms with Gasteiger partial charge in [0, 0.05) is 18.9 Å². The molecule has 3 aromatic rings. The van der Waals surface area contributed by atoms with Gasteiger partial charge in [0.1, 0.15) is 5.69 Å². The van der Waals surface area contributed by atoms with Gasteiger partial charge in [0.15, 0.2) is 5.82 Å². The number of benzene rings is 1. The lowest BCUT2D eigenvalue weighted by molar-refractivity contribution is 0.102. The van der Waals surface area contributed by atoms with Gasteiger partial charge in [-0.2, -0.15) is 4.98 Å². The molecule has 1 amide bonds. The zero-order valence-electron chi connectivity index (χ0n) is 12.5. The normalized spacial score (nSPS) is 10.5. The lowest BCUT2D eigenvalue weighted by Crippen LogP contribution is -2.13. The smallest absolute Gasteiger partial charge is 0.258 e. The van der Waals surface area contributed by atoms with Gasteiger partial charge in [0.05, 0.1) is 6.61 Å². The molecule has 2 aromatic heterocycles. The van der Waals surface area contributed by atoms with Gasteiger partial charge in [0.25, 0.3) is 5.91 Å². The minimum absolute atomic E-state index is 0.205. The van der Waals surface area contributed by atoms with Crippen LogP contribution in [-0.4, -0.2) is 33.2 Å². The Morgan fingerprint density at radius 2 is 2.04 bits per heavy atom. The fourth-order valence-electron chi connectivity index (χ4n) is 2.03. The first kappa shape index (κ1) is 14.9. The number of carbonyl (C=O) groups excluding carboxylic acids is 1. The number of methoxy groups -OCH3 is 1. The summed E-state index contributed by atoms with van der Waals surface area (Å²) in [5, 5.41) is 9.38. The Hall–Kier alpha value is -3.06. The minimum atomic E-state index is -0.277. The average molecular weight is 309 g/mol. The molecule has 3 rings (SSSR count). The van der Waals surface area contributed by atoms with E-state index in [9.17, 15) is 4.79 Å². The largest absolute Gasteiger partial charge is 0.380 e. The third kappa shape index (κ3) is 3.58. The van der Waals surface area contributed by atoms with Gasteiger partial charge < -0.3 is 4.74 Å². The third-order valence-electron chi connectivity index (χ3n) is 3.15. The van der Waals surface area contributed by atoms with E-state index >= 15 is 0 Å². The average Bonchev–Trinajstić information content (AvgIpc) is 3.05. The van der Waals surface area contributed by atoms with Crippen LogP contribution in [0.5, 0.6) is 0 Å². The van der Waals surface area contributed by atoms with Gasteiger partial charge >= 0.3 is 0 Å². The molecule has 0 radical (unpaired) electrons. The summed E-state index contributed by atoms with van der Waals surface area (Å²) in [6, 6.07) is 12.6. The molecule has 116 valence electrons. The van der Waals surface area contributed by atoms with Crippen molar-refractivity contribution in [1.82, 2.24) is 20.2 Å². The maximum absolute atomic E-state index is 12.2. The Bertz CT molecular complexity index is 784. The molecule has 23 heavy (non-hydrogen) atoms. The predicted molar refractivity (Wildman–Crippen MR) is 84.7 cm³/mol. The molecule has 0 saturated carbocycles. The first-order valence-electron chi connectivity index (χ1n) is 6.99. The molecule has 0 unspecified atom stereocenters. The first-order chi connectivity index (χ1) is 11.3. The van der Waals surface area contributed by atoms with Crippen LogP contribution in [0.3, 0.4) is 0 Å². The summed E-state index contributed by atoms with van der Waals surface area (Å²) >= 11 is 0. The summed E-state index contributed by atoms with van der Waals surface area (Å²) in [4.78, 5) is 20.6. The fourth-order valence-corrected chi connectivity index (χ4v) is 2.03. The number of nitrogens with one attached hydrogen (secondary N) is 2. The number of pyridine rings is 1. The minimum Gasteiger partial charge on any atom is -0.380 e. The van der Waals surface area contributed by atoms with Crippen molar-refractivity contribution in [2.45, 2.75) is 6.61 Å². The molecule has 7 nitrogen and oxygen atoms in total. The number of aromatic amines is 1. The Morgan fingerprint density at radius 1 is 1.22 bits per heavy atom. The summed E-state index contributed by atoms with van der Waals surface area (Å²) in [7, 11) is 1.63. The molecule has 0 saturated heterocycles. The van der Waals surface area contributed by atoms with Crippen LogP contribution in [0.2, 0.25) is 0 Å². The van der Waals surface area contributed by atoms with E-state index < -0.39 is 0 Å². The maximum atomic E-state index is 12.2. The van der Waals surface area contributed by atoms with Crippen LogP contribution >= 0.6 is 0 Å². The second-order valence-corrected chi connectivity index (χ2v) is 4.81. The number of hydrogen-bond donors (Lipinski definition) is 2. The summed E-state index contributed by atoms with van der Waals surface area (Å²) in [5.41, 5.74) is 2.18. The standard InChI is InChI=1S/C16H15N5O2/c1-23-10-11-5-7-12(8-6-11)15(22)19-16-18-14(20-21-16)13-4-2-3-9-17-13/h2-9H,10H2,1H3,(H2,18,19,20,21,22). The fraction of sp³-hybridized carbons (Fsp3) is 0.125. The highest BCUT2D eigenvalue weighted by atomic mass is 16.5. The molecule has 0 aliphatic heterocycles. The highest BCUT2D eigenvalue weighted by Crippen LogP contribution is 2.13. The van der Waals surface area contributed by atoms with Crippen LogP contribution < -0.4 is 5.32 Å². The van der Waals surface area contributed by atoms with Crippen LogP contribution in [0, 0.1) is 0 Å². The zero-order valence-corrected chi connectivity index (χ0v) is 12.5. The number of nitrogens with zero attached hydrogens (tertiary/aromatic N) is 3. The van der Waals surface area contributed by atoms with Gasteiger partial charge in [-0.05, 0) is 29.8 Å². The van der Waals surface area contributed by atoms with E-state index in [1.165, 1.54) is 0 Å². The van der Waals surface area contributed by atoms with Crippen LogP contribution in [0.25, 0.3) is 11.5 Å². The molecule has 0 atom stereocenters. The van der Waals surface area contributed by atoms with Crippen molar-refractivity contribution in [3.63, 3.8) is 0 Å². The van der Waals surface area contributed by atoms with E-state index in [-0.39, 0.29) is 11.9 Å². The molecule has 7 heteroatoms. The van der Waals surface area contributed by atoms with Crippen molar-refractivity contribution >= 4 is 11.9 Å². The summed E-state index contributed by atoms with van der Waals surface area (Å²) in [6.45, 7) is 0.510. The molecule has 2 heterocycles. The first-order valence-corrected chi connectivity index (χ1v) is 6.99. The maximum Gasteiger partial charge on any atom is 0.258 e. The number of H-pyrrole nitrogens is 1. The highest BCUT2D eigenvalue weighted by molar-refractivity contribution is 6.03. The van der Waals surface area contributed by atoms with Gasteiger partial charge in [-0.3, -0.25) is 20.2 Å². The summed E-state index contributed by atoms with van der Waals surface area (Å²) in [6.07, 6.45) is 1.66. The Labute approximate surface area is 132 Å². The molecule has 0 aliphatic rings. The second kappa shape index (κ2) is 6.80. The monoisotopic (exact) mass is 309 g/mol. The Morgan fingerprint density at radius 3 is 2.74 bits per heavy atom. The van der Waals surface area contributed by atoms with E-state index in [4.69, 9.17) is 4.74 Å². The zero-order chi connectivity index (χ0) is 16.1. The van der Waals surface area contributed by atoms with E-state index in [0.717, 1.165) is 5.56 Å². The topological polar surface area (TPSA) is 92.8 Å². The molecular formula is C16H15N5O2. The number of carbonyl (C=O) groups is 1. The number of anilines is 1. The predicted octanol–water partition coefficient (Wildman–Crippen LogP) is 2.27. The summed E-state index contributed by atoms with van der Waals surface area (Å²) in [5.74, 6) is 0.425. The molecule has 0 fully saturated rings. The van der Waals surface area contributed by atoms with E-state index in [1.807, 2.05) is 24.3 Å². The van der Waals surface area contributed by atoms with Crippen molar-refractivity contribution in [2.24, 2.45) is 0 Å². The number of ether oxygens (including phenoxy) is 1. The number of hydrogen-bond acceptors (Lipinski definition) is 5. The van der Waals surface area contributed by atoms with E-state index in [1.54, 1.807) is 31.5 Å². The van der Waals surface area contributed by atoms with Crippen LogP contribution in [0.1, 0.15) is 15.9 Å². The quantitative estimate of drug-likeness (QED) is 0.754. The van der Waals surface area contributed by atoms with Crippen LogP contribution in [0.4, 0.5) is 5.95 Å². The number of aromatic nitrogens is 4. The second-order valence-electron chi connectivity index (χ2n) is 4.81. The van der Waals surface area contributed by atoms with E-state index in [2.05, 4.69) is 25.5 Å². The van der Waals surface area contributed by atoms with Gasteiger partial charge in [0.2, 0.25) is 5.95 Å². The molecule has 1 aromatic carbocycles. The van der Waals surface area contributed by atoms with E-state index in [0.29, 0.717) is 23.7 Å². The summed E-state index contributed by atoms with van der Waals surface area (Å²) < 4.78 is 5.04. The lowest BCUT2D eigenvalue weighted by Gasteiger charge is -2.03. The molecule has 0 bridgehead atoms. The SMILES string of the molecule is COCc1ccc(C(=O)Nc2n[nH]c(-c3ccccn3)n2)cc1. The molecule has 2 N–H and O–H groups in total. The van der Waals surface area contributed by atoms with Gasteiger partial charge in [-0.15, -0.1) is 5.10 Å². The molecule has 0 aliphatic carbocycles. The Balaban J connectivity index is 1.69. The highest BCUT2D eigenvalue weighted by Gasteiger charge is 2.11. The van der Waals surface area contributed by atoms with Gasteiger partial charge in [-0.25, -0.2) is 0 Å². The number of rotatable bonds is 5. The van der Waals surface area contributed by atoms with Crippen molar-refractivity contribution in [2.75, 3.05) is 12.4 Å². The van der Waals surface area contributed by atoms with Gasteiger partial charge in [-0.1, -0.05) is 18.2 Å². The molecular weight excluding hydrogens is 294 g/mol. The number of amides is 1. The van der Waals surface area contributed by atoms with Crippen molar-refractivity contribution < 1.29 is 9.53 Å². The van der Waals surface area contributed by atoms with Crippen molar-refractivity contribution in [1.29, 1.82) is 0 Å².